The number of carbonyl (C=O) groups is 2. The van der Waals surface area contributed by atoms with E-state index < -0.39 is 15.7 Å². The third-order valence-electron chi connectivity index (χ3n) is 2.99. The summed E-state index contributed by atoms with van der Waals surface area (Å²) in [6, 6.07) is 8.10. The van der Waals surface area contributed by atoms with Crippen molar-refractivity contribution in [3.63, 3.8) is 0 Å². The predicted molar refractivity (Wildman–Crippen MR) is 89.7 cm³/mol. The molecule has 0 unspecified atom stereocenters. The second-order valence-electron chi connectivity index (χ2n) is 5.27. The van der Waals surface area contributed by atoms with E-state index in [9.17, 15) is 13.8 Å². The molecule has 1 N–H and O–H groups in total. The fraction of sp³-hybridized carbons (Fsp3) is 0.250. The fourth-order valence-electron chi connectivity index (χ4n) is 1.98. The molecule has 0 spiro atoms. The van der Waals surface area contributed by atoms with E-state index in [1.54, 1.807) is 30.3 Å². The van der Waals surface area contributed by atoms with Crippen LogP contribution in [0.15, 0.2) is 45.4 Å². The van der Waals surface area contributed by atoms with Crippen molar-refractivity contribution < 1.29 is 23.0 Å². The first-order valence-electron chi connectivity index (χ1n) is 7.00. The topological polar surface area (TPSA) is 98.0 Å². The van der Waals surface area contributed by atoms with Crippen LogP contribution in [0.5, 0.6) is 0 Å². The van der Waals surface area contributed by atoms with E-state index in [4.69, 9.17) is 4.42 Å². The van der Waals surface area contributed by atoms with Gasteiger partial charge in [-0.25, -0.2) is 9.00 Å². The Morgan fingerprint density at radius 3 is 2.71 bits per heavy atom. The largest absolute Gasteiger partial charge is 0.463 e. The van der Waals surface area contributed by atoms with E-state index in [0.717, 1.165) is 0 Å². The number of rotatable bonds is 5. The number of methoxy groups -OCH3 is 1. The van der Waals surface area contributed by atoms with Crippen LogP contribution >= 0.6 is 0 Å². The third kappa shape index (κ3) is 4.69. The van der Waals surface area contributed by atoms with E-state index >= 15 is 0 Å². The maximum Gasteiger partial charge on any atom is 0.374 e. The highest BCUT2D eigenvalue weighted by atomic mass is 32.2. The molecular formula is C16H18N2O5S. The Labute approximate surface area is 140 Å². The Hall–Kier alpha value is -2.61. The highest BCUT2D eigenvalue weighted by molar-refractivity contribution is 7.92. The average Bonchev–Trinajstić information content (AvgIpc) is 2.99. The normalized spacial score (nSPS) is 11.0. The van der Waals surface area contributed by atoms with E-state index in [1.807, 2.05) is 0 Å². The Morgan fingerprint density at radius 1 is 1.29 bits per heavy atom. The maximum absolute atomic E-state index is 12.2. The first kappa shape index (κ1) is 17.7. The highest BCUT2D eigenvalue weighted by Gasteiger charge is 2.16. The summed E-state index contributed by atoms with van der Waals surface area (Å²) in [6.07, 6.45) is 4.40. The molecule has 1 heterocycles. The number of nitrogens with zero attached hydrogens (tertiary/aromatic N) is 1. The number of hydrogen-bond donors (Lipinski definition) is 1. The van der Waals surface area contributed by atoms with Crippen molar-refractivity contribution >= 4 is 27.3 Å². The molecule has 0 saturated heterocycles. The van der Waals surface area contributed by atoms with Gasteiger partial charge in [-0.3, -0.25) is 4.79 Å². The molecule has 0 bridgehead atoms. The van der Waals surface area contributed by atoms with Gasteiger partial charge < -0.3 is 14.5 Å². The van der Waals surface area contributed by atoms with Gasteiger partial charge in [0.1, 0.15) is 0 Å². The summed E-state index contributed by atoms with van der Waals surface area (Å²) < 4.78 is 25.5. The molecule has 0 aliphatic rings. The number of carbonyl (C=O) groups excluding carboxylic acids is 2. The van der Waals surface area contributed by atoms with E-state index in [2.05, 4.69) is 14.4 Å². The van der Waals surface area contributed by atoms with Crippen molar-refractivity contribution in [3.05, 3.63) is 53.5 Å². The summed E-state index contributed by atoms with van der Waals surface area (Å²) in [7, 11) is -1.05. The first-order valence-corrected chi connectivity index (χ1v) is 9.33. The molecule has 0 atom stereocenters. The zero-order valence-electron chi connectivity index (χ0n) is 13.6. The fourth-order valence-corrected chi connectivity index (χ4v) is 2.60. The Balaban J connectivity index is 2.11. The van der Waals surface area contributed by atoms with Crippen molar-refractivity contribution in [2.75, 3.05) is 19.6 Å². The Kier molecular flexibility index (Phi) is 5.40. The number of hydrogen-bond acceptors (Lipinski definition) is 6. The van der Waals surface area contributed by atoms with Gasteiger partial charge in [-0.2, -0.15) is 4.36 Å². The van der Waals surface area contributed by atoms with Crippen LogP contribution in [-0.2, 0) is 21.0 Å². The van der Waals surface area contributed by atoms with E-state index in [1.165, 1.54) is 25.9 Å². The minimum atomic E-state index is -2.31. The van der Waals surface area contributed by atoms with Crippen LogP contribution in [-0.4, -0.2) is 35.7 Å². The minimum Gasteiger partial charge on any atom is -0.463 e. The van der Waals surface area contributed by atoms with Gasteiger partial charge >= 0.3 is 5.97 Å². The van der Waals surface area contributed by atoms with Crippen LogP contribution in [0.2, 0.25) is 0 Å². The Bertz CT molecular complexity index is 870. The van der Waals surface area contributed by atoms with Gasteiger partial charge in [0.25, 0.3) is 5.91 Å². The molecule has 0 aliphatic carbocycles. The second kappa shape index (κ2) is 7.31. The molecule has 24 heavy (non-hydrogen) atoms. The predicted octanol–water partition coefficient (Wildman–Crippen LogP) is 2.36. The number of benzene rings is 1. The summed E-state index contributed by atoms with van der Waals surface area (Å²) in [5.41, 5.74) is 1.36. The second-order valence-corrected chi connectivity index (χ2v) is 7.82. The van der Waals surface area contributed by atoms with Crippen LogP contribution in [0, 0.1) is 0 Å². The van der Waals surface area contributed by atoms with Crippen LogP contribution in [0.1, 0.15) is 26.5 Å². The standard InChI is InChI=1S/C16H18N2O5S/c1-22-16(20)14-12(7-8-23-14)10-17-15(19)11-5-4-6-13(9-11)18-24(2,3)21/h4-9H,10H2,1-3H3,(H,17,19). The third-order valence-corrected chi connectivity index (χ3v) is 3.64. The van der Waals surface area contributed by atoms with Gasteiger partial charge in [0.2, 0.25) is 5.76 Å². The smallest absolute Gasteiger partial charge is 0.374 e. The lowest BCUT2D eigenvalue weighted by Crippen LogP contribution is -2.23. The van der Waals surface area contributed by atoms with Crippen LogP contribution in [0.25, 0.3) is 0 Å². The first-order chi connectivity index (χ1) is 11.3. The lowest BCUT2D eigenvalue weighted by atomic mass is 10.2. The van der Waals surface area contributed by atoms with Crippen LogP contribution in [0.4, 0.5) is 5.69 Å². The van der Waals surface area contributed by atoms with Crippen molar-refractivity contribution in [2.24, 2.45) is 4.36 Å². The zero-order valence-corrected chi connectivity index (χ0v) is 14.4. The summed E-state index contributed by atoms with van der Waals surface area (Å²) in [4.78, 5) is 23.8. The SMILES string of the molecule is COC(=O)c1occc1CNC(=O)c1cccc(N=S(C)(C)=O)c1. The van der Waals surface area contributed by atoms with Gasteiger partial charge in [-0.1, -0.05) is 6.07 Å². The van der Waals surface area contributed by atoms with Gasteiger partial charge in [-0.05, 0) is 24.3 Å². The van der Waals surface area contributed by atoms with Gasteiger partial charge in [-0.15, -0.1) is 0 Å². The molecule has 1 aromatic carbocycles. The quantitative estimate of drug-likeness (QED) is 0.835. The van der Waals surface area contributed by atoms with E-state index in [0.29, 0.717) is 16.8 Å². The van der Waals surface area contributed by atoms with Crippen molar-refractivity contribution in [1.82, 2.24) is 5.32 Å². The van der Waals surface area contributed by atoms with Gasteiger partial charge in [0, 0.05) is 39.9 Å². The molecule has 2 aromatic rings. The summed E-state index contributed by atoms with van der Waals surface area (Å²) in [6.45, 7) is 0.111. The Morgan fingerprint density at radius 2 is 2.04 bits per heavy atom. The van der Waals surface area contributed by atoms with E-state index in [-0.39, 0.29) is 18.2 Å². The van der Waals surface area contributed by atoms with Crippen molar-refractivity contribution in [1.29, 1.82) is 0 Å². The molecule has 128 valence electrons. The van der Waals surface area contributed by atoms with Gasteiger partial charge in [0.15, 0.2) is 0 Å². The molecular weight excluding hydrogens is 332 g/mol. The molecule has 0 saturated carbocycles. The van der Waals surface area contributed by atoms with Crippen molar-refractivity contribution in [3.8, 4) is 0 Å². The molecule has 1 aromatic heterocycles. The van der Waals surface area contributed by atoms with Crippen LogP contribution in [0.3, 0.4) is 0 Å². The molecule has 8 heteroatoms. The highest BCUT2D eigenvalue weighted by Crippen LogP contribution is 2.16. The molecule has 1 amide bonds. The monoisotopic (exact) mass is 350 g/mol. The summed E-state index contributed by atoms with van der Waals surface area (Å²) in [5, 5.41) is 2.69. The lowest BCUT2D eigenvalue weighted by molar-refractivity contribution is 0.0562. The van der Waals surface area contributed by atoms with Crippen molar-refractivity contribution in [2.45, 2.75) is 6.54 Å². The lowest BCUT2D eigenvalue weighted by Gasteiger charge is -2.06. The minimum absolute atomic E-state index is 0.0539. The molecule has 2 rings (SSSR count). The summed E-state index contributed by atoms with van der Waals surface area (Å²) in [5.74, 6) is -0.897. The number of nitrogens with one attached hydrogen (secondary N) is 1. The number of esters is 1. The molecule has 0 radical (unpaired) electrons. The van der Waals surface area contributed by atoms with Crippen LogP contribution < -0.4 is 5.32 Å². The van der Waals surface area contributed by atoms with Gasteiger partial charge in [0.05, 0.1) is 19.1 Å². The molecule has 7 nitrogen and oxygen atoms in total. The number of amides is 1. The number of ether oxygens (including phenoxy) is 1. The zero-order chi connectivity index (χ0) is 17.7. The number of furan rings is 1. The average molecular weight is 350 g/mol. The molecule has 0 fully saturated rings. The maximum atomic E-state index is 12.2. The molecule has 0 aliphatic heterocycles. The summed E-state index contributed by atoms with van der Waals surface area (Å²) >= 11 is 0.